The van der Waals surface area contributed by atoms with Crippen molar-refractivity contribution in [2.24, 2.45) is 0 Å². The monoisotopic (exact) mass is 390 g/mol. The highest BCUT2D eigenvalue weighted by molar-refractivity contribution is 5.99. The molecule has 0 aromatic heterocycles. The number of aryl methyl sites for hydroxylation is 1. The van der Waals surface area contributed by atoms with Crippen molar-refractivity contribution in [3.8, 4) is 11.5 Å². The van der Waals surface area contributed by atoms with E-state index in [0.29, 0.717) is 30.1 Å². The number of hydrazine groups is 1. The van der Waals surface area contributed by atoms with Gasteiger partial charge in [0.2, 0.25) is 0 Å². The van der Waals surface area contributed by atoms with E-state index in [2.05, 4.69) is 10.9 Å². The number of carbonyl (C=O) groups excluding carboxylic acids is 2. The van der Waals surface area contributed by atoms with E-state index in [1.54, 1.807) is 36.4 Å². The number of rotatable bonds is 7. The van der Waals surface area contributed by atoms with Crippen LogP contribution in [0.15, 0.2) is 78.9 Å². The lowest BCUT2D eigenvalue weighted by molar-refractivity contribution is 0.0846. The summed E-state index contributed by atoms with van der Waals surface area (Å²) in [5.74, 6) is 0.624. The van der Waals surface area contributed by atoms with Gasteiger partial charge in [-0.15, -0.1) is 0 Å². The van der Waals surface area contributed by atoms with Crippen LogP contribution in [0, 0.1) is 6.92 Å². The minimum atomic E-state index is -0.413. The summed E-state index contributed by atoms with van der Waals surface area (Å²) in [5, 5.41) is 0. The van der Waals surface area contributed by atoms with E-state index >= 15 is 0 Å². The lowest BCUT2D eigenvalue weighted by Crippen LogP contribution is -2.41. The largest absolute Gasteiger partial charge is 0.490 e. The van der Waals surface area contributed by atoms with Crippen molar-refractivity contribution in [1.82, 2.24) is 10.9 Å². The van der Waals surface area contributed by atoms with Gasteiger partial charge in [-0.1, -0.05) is 35.9 Å². The first-order valence-corrected chi connectivity index (χ1v) is 9.20. The molecule has 0 saturated carbocycles. The summed E-state index contributed by atoms with van der Waals surface area (Å²) in [6.07, 6.45) is 0. The van der Waals surface area contributed by atoms with Crippen LogP contribution < -0.4 is 20.3 Å². The molecule has 6 heteroatoms. The Kier molecular flexibility index (Phi) is 6.84. The van der Waals surface area contributed by atoms with Crippen LogP contribution in [0.5, 0.6) is 11.5 Å². The zero-order valence-corrected chi connectivity index (χ0v) is 16.1. The molecule has 0 heterocycles. The van der Waals surface area contributed by atoms with E-state index in [9.17, 15) is 9.59 Å². The molecule has 0 aliphatic rings. The summed E-state index contributed by atoms with van der Waals surface area (Å²) in [6.45, 7) is 2.73. The van der Waals surface area contributed by atoms with Crippen LogP contribution in [0.4, 0.5) is 0 Å². The SMILES string of the molecule is Cc1ccc(C(=O)NNC(=O)c2ccc(OCCOc3ccccc3)cc2)cc1. The van der Waals surface area contributed by atoms with E-state index in [-0.39, 0.29) is 5.91 Å². The molecule has 0 radical (unpaired) electrons. The van der Waals surface area contributed by atoms with Gasteiger partial charge in [0.1, 0.15) is 24.7 Å². The van der Waals surface area contributed by atoms with Gasteiger partial charge in [-0.3, -0.25) is 20.4 Å². The minimum Gasteiger partial charge on any atom is -0.490 e. The maximum atomic E-state index is 12.2. The smallest absolute Gasteiger partial charge is 0.269 e. The Morgan fingerprint density at radius 1 is 0.655 bits per heavy atom. The van der Waals surface area contributed by atoms with E-state index < -0.39 is 5.91 Å². The molecule has 0 saturated heterocycles. The molecule has 0 spiro atoms. The van der Waals surface area contributed by atoms with Crippen molar-refractivity contribution < 1.29 is 19.1 Å². The van der Waals surface area contributed by atoms with Gasteiger partial charge < -0.3 is 9.47 Å². The van der Waals surface area contributed by atoms with Gasteiger partial charge in [-0.05, 0) is 55.5 Å². The van der Waals surface area contributed by atoms with Gasteiger partial charge in [0.25, 0.3) is 11.8 Å². The summed E-state index contributed by atoms with van der Waals surface area (Å²) in [5.41, 5.74) is 6.73. The van der Waals surface area contributed by atoms with Crippen molar-refractivity contribution in [3.05, 3.63) is 95.6 Å². The van der Waals surface area contributed by atoms with Crippen molar-refractivity contribution in [2.45, 2.75) is 6.92 Å². The van der Waals surface area contributed by atoms with Crippen molar-refractivity contribution in [1.29, 1.82) is 0 Å². The number of para-hydroxylation sites is 1. The lowest BCUT2D eigenvalue weighted by atomic mass is 10.1. The highest BCUT2D eigenvalue weighted by atomic mass is 16.5. The summed E-state index contributed by atoms with van der Waals surface area (Å²) >= 11 is 0. The average Bonchev–Trinajstić information content (AvgIpc) is 2.76. The van der Waals surface area contributed by atoms with Crippen LogP contribution in [0.25, 0.3) is 0 Å². The summed E-state index contributed by atoms with van der Waals surface area (Å²) in [7, 11) is 0. The first-order chi connectivity index (χ1) is 14.1. The predicted octanol–water partition coefficient (Wildman–Crippen LogP) is 3.53. The fourth-order valence-corrected chi connectivity index (χ4v) is 2.50. The molecule has 0 aliphatic carbocycles. The third-order valence-electron chi connectivity index (χ3n) is 4.08. The highest BCUT2D eigenvalue weighted by Gasteiger charge is 2.09. The van der Waals surface area contributed by atoms with Crippen molar-refractivity contribution in [2.75, 3.05) is 13.2 Å². The van der Waals surface area contributed by atoms with Crippen molar-refractivity contribution >= 4 is 11.8 Å². The van der Waals surface area contributed by atoms with Gasteiger partial charge in [-0.2, -0.15) is 0 Å². The van der Waals surface area contributed by atoms with Crippen LogP contribution in [-0.4, -0.2) is 25.0 Å². The van der Waals surface area contributed by atoms with Crippen LogP contribution in [-0.2, 0) is 0 Å². The molecule has 3 rings (SSSR count). The number of hydrogen-bond donors (Lipinski definition) is 2. The van der Waals surface area contributed by atoms with E-state index in [1.165, 1.54) is 0 Å². The fourth-order valence-electron chi connectivity index (χ4n) is 2.50. The van der Waals surface area contributed by atoms with Gasteiger partial charge in [0.15, 0.2) is 0 Å². The maximum absolute atomic E-state index is 12.2. The number of benzene rings is 3. The molecule has 3 aromatic rings. The molecule has 0 atom stereocenters. The molecule has 0 aliphatic heterocycles. The Labute approximate surface area is 169 Å². The Balaban J connectivity index is 1.42. The van der Waals surface area contributed by atoms with E-state index in [1.807, 2.05) is 49.4 Å². The number of amides is 2. The molecular formula is C23H22N2O4. The quantitative estimate of drug-likeness (QED) is 0.478. The number of hydrogen-bond acceptors (Lipinski definition) is 4. The second kappa shape index (κ2) is 9.94. The minimum absolute atomic E-state index is 0.378. The first-order valence-electron chi connectivity index (χ1n) is 9.20. The summed E-state index contributed by atoms with van der Waals surface area (Å²) in [4.78, 5) is 24.2. The molecule has 0 fully saturated rings. The molecule has 2 N–H and O–H groups in total. The zero-order chi connectivity index (χ0) is 20.5. The number of ether oxygens (including phenoxy) is 2. The molecular weight excluding hydrogens is 368 g/mol. The summed E-state index contributed by atoms with van der Waals surface area (Å²) < 4.78 is 11.2. The fraction of sp³-hybridized carbons (Fsp3) is 0.130. The normalized spacial score (nSPS) is 10.1. The van der Waals surface area contributed by atoms with Gasteiger partial charge in [0, 0.05) is 11.1 Å². The molecule has 0 unspecified atom stereocenters. The molecule has 0 bridgehead atoms. The summed E-state index contributed by atoms with van der Waals surface area (Å²) in [6, 6.07) is 23.2. The lowest BCUT2D eigenvalue weighted by Gasteiger charge is -2.10. The zero-order valence-electron chi connectivity index (χ0n) is 16.1. The molecule has 2 amide bonds. The predicted molar refractivity (Wildman–Crippen MR) is 110 cm³/mol. The second-order valence-electron chi connectivity index (χ2n) is 6.31. The highest BCUT2D eigenvalue weighted by Crippen LogP contribution is 2.13. The van der Waals surface area contributed by atoms with Crippen LogP contribution in [0.3, 0.4) is 0 Å². The Bertz CT molecular complexity index is 939. The van der Waals surface area contributed by atoms with Crippen LogP contribution >= 0.6 is 0 Å². The number of nitrogens with one attached hydrogen (secondary N) is 2. The van der Waals surface area contributed by atoms with Gasteiger partial charge in [0.05, 0.1) is 0 Å². The maximum Gasteiger partial charge on any atom is 0.269 e. The standard InChI is InChI=1S/C23H22N2O4/c1-17-7-9-18(10-8-17)22(26)24-25-23(27)19-11-13-21(14-12-19)29-16-15-28-20-5-3-2-4-6-20/h2-14H,15-16H2,1H3,(H,24,26)(H,25,27). The Morgan fingerprint density at radius 3 is 1.62 bits per heavy atom. The van der Waals surface area contributed by atoms with Crippen LogP contribution in [0.2, 0.25) is 0 Å². The second-order valence-corrected chi connectivity index (χ2v) is 6.31. The topological polar surface area (TPSA) is 76.7 Å². The Hall–Kier alpha value is -3.80. The molecule has 148 valence electrons. The van der Waals surface area contributed by atoms with E-state index in [0.717, 1.165) is 11.3 Å². The van der Waals surface area contributed by atoms with Gasteiger partial charge in [-0.25, -0.2) is 0 Å². The average molecular weight is 390 g/mol. The first kappa shape index (κ1) is 19.9. The van der Waals surface area contributed by atoms with Crippen LogP contribution in [0.1, 0.15) is 26.3 Å². The third kappa shape index (κ3) is 6.10. The van der Waals surface area contributed by atoms with Crippen molar-refractivity contribution in [3.63, 3.8) is 0 Å². The Morgan fingerprint density at radius 2 is 1.10 bits per heavy atom. The third-order valence-corrected chi connectivity index (χ3v) is 4.08. The van der Waals surface area contributed by atoms with Gasteiger partial charge >= 0.3 is 0 Å². The molecule has 29 heavy (non-hydrogen) atoms. The number of carbonyl (C=O) groups is 2. The van der Waals surface area contributed by atoms with E-state index in [4.69, 9.17) is 9.47 Å². The molecule has 6 nitrogen and oxygen atoms in total. The molecule has 3 aromatic carbocycles.